The molecule has 0 bridgehead atoms. The molecule has 0 aromatic heterocycles. The highest BCUT2D eigenvalue weighted by atomic mass is 35.5. The van der Waals surface area contributed by atoms with Gasteiger partial charge in [-0.3, -0.25) is 9.59 Å². The van der Waals surface area contributed by atoms with E-state index in [4.69, 9.17) is 11.6 Å². The maximum Gasteiger partial charge on any atom is 0.177 e. The summed E-state index contributed by atoms with van der Waals surface area (Å²) in [7, 11) is 0. The first kappa shape index (κ1) is 15.2. The van der Waals surface area contributed by atoms with Gasteiger partial charge < -0.3 is 5.11 Å². The molecule has 3 nitrogen and oxygen atoms in total. The molecule has 0 amide bonds. The van der Waals surface area contributed by atoms with E-state index >= 15 is 0 Å². The maximum atomic E-state index is 12.5. The second kappa shape index (κ2) is 4.68. The summed E-state index contributed by atoms with van der Waals surface area (Å²) < 4.78 is 0. The number of carbonyl (C=O) groups excluding carboxylic acids is 2. The molecule has 1 aliphatic rings. The van der Waals surface area contributed by atoms with Gasteiger partial charge in [0.25, 0.3) is 0 Å². The van der Waals surface area contributed by atoms with E-state index in [1.54, 1.807) is 13.8 Å². The van der Waals surface area contributed by atoms with E-state index in [1.807, 2.05) is 26.8 Å². The van der Waals surface area contributed by atoms with Gasteiger partial charge in [-0.05, 0) is 56.9 Å². The van der Waals surface area contributed by atoms with Gasteiger partial charge in [-0.2, -0.15) is 0 Å². The molecule has 0 spiro atoms. The highest BCUT2D eigenvalue weighted by Crippen LogP contribution is 2.43. The molecule has 1 aliphatic carbocycles. The van der Waals surface area contributed by atoms with Crippen LogP contribution in [0.15, 0.2) is 6.07 Å². The van der Waals surface area contributed by atoms with Gasteiger partial charge in [0.2, 0.25) is 0 Å². The van der Waals surface area contributed by atoms with Gasteiger partial charge in [-0.1, -0.05) is 17.7 Å². The Balaban J connectivity index is 2.68. The Morgan fingerprint density at radius 3 is 2.15 bits per heavy atom. The van der Waals surface area contributed by atoms with Crippen LogP contribution in [-0.2, 0) is 9.59 Å². The molecule has 1 fully saturated rings. The van der Waals surface area contributed by atoms with Gasteiger partial charge in [-0.25, -0.2) is 0 Å². The fourth-order valence-electron chi connectivity index (χ4n) is 3.04. The minimum atomic E-state index is -1.25. The Morgan fingerprint density at radius 1 is 1.15 bits per heavy atom. The Bertz CT molecular complexity index is 617. The molecule has 0 aliphatic heterocycles. The monoisotopic (exact) mass is 294 g/mol. The summed E-state index contributed by atoms with van der Waals surface area (Å²) in [5.74, 6) is -1.56. The van der Waals surface area contributed by atoms with Crippen LogP contribution in [0.5, 0.6) is 0 Å². The smallest absolute Gasteiger partial charge is 0.177 e. The third-order valence-corrected chi connectivity index (χ3v) is 4.94. The van der Waals surface area contributed by atoms with Crippen LogP contribution in [0, 0.1) is 26.2 Å². The standard InChI is InChI=1S/C16H19ClO3/c1-7-6-8(2)12(17)9(3)10(7)11-13(18)15(20)16(4,5)14(11)19/h6,11,15,20H,1-5H3. The van der Waals surface area contributed by atoms with Crippen molar-refractivity contribution in [2.75, 3.05) is 0 Å². The number of Topliss-reactive ketones (excluding diaryl/α,β-unsaturated/α-hetero) is 2. The quantitative estimate of drug-likeness (QED) is 0.810. The molecule has 2 rings (SSSR count). The number of aliphatic hydroxyl groups is 1. The highest BCUT2D eigenvalue weighted by Gasteiger charge is 2.55. The topological polar surface area (TPSA) is 54.4 Å². The molecule has 20 heavy (non-hydrogen) atoms. The maximum absolute atomic E-state index is 12.5. The third-order valence-electron chi connectivity index (χ3n) is 4.36. The van der Waals surface area contributed by atoms with Crippen molar-refractivity contribution in [3.8, 4) is 0 Å². The van der Waals surface area contributed by atoms with E-state index in [9.17, 15) is 14.7 Å². The number of halogens is 1. The second-order valence-corrected chi connectivity index (χ2v) is 6.56. The third kappa shape index (κ3) is 1.92. The van der Waals surface area contributed by atoms with Crippen LogP contribution in [0.3, 0.4) is 0 Å². The lowest BCUT2D eigenvalue weighted by atomic mass is 9.83. The molecule has 2 unspecified atom stereocenters. The normalized spacial score (nSPS) is 25.4. The van der Waals surface area contributed by atoms with Crippen molar-refractivity contribution in [3.63, 3.8) is 0 Å². The predicted molar refractivity (Wildman–Crippen MR) is 78.2 cm³/mol. The Morgan fingerprint density at radius 2 is 1.70 bits per heavy atom. The molecular formula is C16H19ClO3. The SMILES string of the molecule is Cc1cc(C)c(C2C(=O)C(O)C(C)(C)C2=O)c(C)c1Cl. The first-order chi connectivity index (χ1) is 9.10. The van der Waals surface area contributed by atoms with E-state index < -0.39 is 23.2 Å². The van der Waals surface area contributed by atoms with Crippen LogP contribution in [0.4, 0.5) is 0 Å². The number of ketones is 2. The average Bonchev–Trinajstić information content (AvgIpc) is 2.51. The minimum Gasteiger partial charge on any atom is -0.384 e. The average molecular weight is 295 g/mol. The molecule has 0 radical (unpaired) electrons. The molecule has 4 heteroatoms. The van der Waals surface area contributed by atoms with Crippen LogP contribution in [0.1, 0.15) is 42.0 Å². The van der Waals surface area contributed by atoms with Gasteiger partial charge in [0, 0.05) is 5.02 Å². The zero-order valence-electron chi connectivity index (χ0n) is 12.4. The number of hydrogen-bond donors (Lipinski definition) is 1. The Hall–Kier alpha value is -1.19. The molecular weight excluding hydrogens is 276 g/mol. The van der Waals surface area contributed by atoms with Crippen molar-refractivity contribution in [2.45, 2.75) is 46.6 Å². The number of rotatable bonds is 1. The Labute approximate surface area is 123 Å². The minimum absolute atomic E-state index is 0.235. The van der Waals surface area contributed by atoms with Crippen molar-refractivity contribution in [1.29, 1.82) is 0 Å². The van der Waals surface area contributed by atoms with E-state index in [2.05, 4.69) is 0 Å². The summed E-state index contributed by atoms with van der Waals surface area (Å²) in [6.07, 6.45) is -1.25. The van der Waals surface area contributed by atoms with E-state index in [0.29, 0.717) is 10.6 Å². The number of aryl methyl sites for hydroxylation is 2. The molecule has 108 valence electrons. The number of aliphatic hydroxyl groups excluding tert-OH is 1. The summed E-state index contributed by atoms with van der Waals surface area (Å²) in [4.78, 5) is 24.8. The lowest BCUT2D eigenvalue weighted by molar-refractivity contribution is -0.129. The molecule has 0 saturated heterocycles. The molecule has 2 atom stereocenters. The van der Waals surface area contributed by atoms with Gasteiger partial charge in [0.1, 0.15) is 12.0 Å². The van der Waals surface area contributed by atoms with Crippen LogP contribution < -0.4 is 0 Å². The number of benzene rings is 1. The predicted octanol–water partition coefficient (Wildman–Crippen LogP) is 2.89. The molecule has 1 aromatic carbocycles. The molecule has 1 N–H and O–H groups in total. The first-order valence-corrected chi connectivity index (χ1v) is 7.00. The van der Waals surface area contributed by atoms with Gasteiger partial charge in [-0.15, -0.1) is 0 Å². The van der Waals surface area contributed by atoms with Crippen molar-refractivity contribution in [3.05, 3.63) is 33.3 Å². The van der Waals surface area contributed by atoms with Gasteiger partial charge in [0.05, 0.1) is 5.41 Å². The van der Waals surface area contributed by atoms with Crippen molar-refractivity contribution >= 4 is 23.2 Å². The first-order valence-electron chi connectivity index (χ1n) is 6.63. The fraction of sp³-hybridized carbons (Fsp3) is 0.500. The van der Waals surface area contributed by atoms with Crippen molar-refractivity contribution in [1.82, 2.24) is 0 Å². The van der Waals surface area contributed by atoms with Gasteiger partial charge in [0.15, 0.2) is 11.6 Å². The molecule has 1 saturated carbocycles. The number of carbonyl (C=O) groups is 2. The largest absolute Gasteiger partial charge is 0.384 e. The number of hydrogen-bond acceptors (Lipinski definition) is 3. The zero-order valence-corrected chi connectivity index (χ0v) is 13.1. The van der Waals surface area contributed by atoms with E-state index in [1.165, 1.54) is 0 Å². The van der Waals surface area contributed by atoms with Crippen molar-refractivity contribution < 1.29 is 14.7 Å². The molecule has 1 aromatic rings. The van der Waals surface area contributed by atoms with E-state index in [0.717, 1.165) is 16.7 Å². The van der Waals surface area contributed by atoms with Gasteiger partial charge >= 0.3 is 0 Å². The second-order valence-electron chi connectivity index (χ2n) is 6.19. The van der Waals surface area contributed by atoms with E-state index in [-0.39, 0.29) is 5.78 Å². The highest BCUT2D eigenvalue weighted by molar-refractivity contribution is 6.32. The lowest BCUT2D eigenvalue weighted by Gasteiger charge is -2.20. The summed E-state index contributed by atoms with van der Waals surface area (Å²) in [6, 6.07) is 1.88. The van der Waals surface area contributed by atoms with Crippen LogP contribution in [0.2, 0.25) is 5.02 Å². The Kier molecular flexibility index (Phi) is 3.55. The lowest BCUT2D eigenvalue weighted by Crippen LogP contribution is -2.31. The zero-order chi connectivity index (χ0) is 15.4. The van der Waals surface area contributed by atoms with Crippen LogP contribution in [0.25, 0.3) is 0 Å². The van der Waals surface area contributed by atoms with Crippen molar-refractivity contribution in [2.24, 2.45) is 5.41 Å². The summed E-state index contributed by atoms with van der Waals surface area (Å²) in [5.41, 5.74) is 2.14. The molecule has 0 heterocycles. The fourth-order valence-corrected chi connectivity index (χ4v) is 3.20. The summed E-state index contributed by atoms with van der Waals surface area (Å²) in [6.45, 7) is 8.79. The summed E-state index contributed by atoms with van der Waals surface area (Å²) in [5, 5.41) is 10.6. The van der Waals surface area contributed by atoms with Crippen LogP contribution >= 0.6 is 11.6 Å². The van der Waals surface area contributed by atoms with Crippen LogP contribution in [-0.4, -0.2) is 22.8 Å². The summed E-state index contributed by atoms with van der Waals surface area (Å²) >= 11 is 6.25.